The third-order valence-electron chi connectivity index (χ3n) is 3.47. The van der Waals surface area contributed by atoms with E-state index in [2.05, 4.69) is 46.0 Å². The van der Waals surface area contributed by atoms with E-state index in [4.69, 9.17) is 10.5 Å². The van der Waals surface area contributed by atoms with Crippen LogP contribution in [0.4, 0.5) is 5.69 Å². The minimum atomic E-state index is 0.00692. The maximum Gasteiger partial charge on any atom is 0.125 e. The maximum absolute atomic E-state index is 5.65. The lowest BCUT2D eigenvalue weighted by Crippen LogP contribution is -2.33. The molecule has 0 fully saturated rings. The van der Waals surface area contributed by atoms with Gasteiger partial charge in [-0.25, -0.2) is 0 Å². The molecule has 0 aliphatic heterocycles. The SMILES string of the molecule is COc1c(C)cc(NC(C)(C)CCN)c(C)c1C. The van der Waals surface area contributed by atoms with Gasteiger partial charge in [-0.05, 0) is 70.3 Å². The van der Waals surface area contributed by atoms with Crippen molar-refractivity contribution in [1.29, 1.82) is 0 Å². The van der Waals surface area contributed by atoms with Crippen molar-refractivity contribution in [3.63, 3.8) is 0 Å². The number of aryl methyl sites for hydroxylation is 1. The Morgan fingerprint density at radius 1 is 1.22 bits per heavy atom. The lowest BCUT2D eigenvalue weighted by molar-refractivity contribution is 0.408. The summed E-state index contributed by atoms with van der Waals surface area (Å²) in [5, 5.41) is 3.58. The van der Waals surface area contributed by atoms with E-state index < -0.39 is 0 Å². The minimum Gasteiger partial charge on any atom is -0.496 e. The van der Waals surface area contributed by atoms with E-state index >= 15 is 0 Å². The van der Waals surface area contributed by atoms with Gasteiger partial charge in [0.2, 0.25) is 0 Å². The van der Waals surface area contributed by atoms with E-state index in [0.717, 1.165) is 17.7 Å². The molecule has 3 heteroatoms. The number of methoxy groups -OCH3 is 1. The Bertz CT molecular complexity index is 425. The summed E-state index contributed by atoms with van der Waals surface area (Å²) in [6.45, 7) is 11.3. The van der Waals surface area contributed by atoms with Gasteiger partial charge in [-0.1, -0.05) is 0 Å². The van der Waals surface area contributed by atoms with Crippen LogP contribution in [-0.4, -0.2) is 19.2 Å². The zero-order valence-electron chi connectivity index (χ0n) is 12.5. The first kappa shape index (κ1) is 14.8. The van der Waals surface area contributed by atoms with E-state index in [-0.39, 0.29) is 5.54 Å². The molecule has 1 aromatic carbocycles. The Balaban J connectivity index is 3.12. The van der Waals surface area contributed by atoms with Gasteiger partial charge in [0.15, 0.2) is 0 Å². The summed E-state index contributed by atoms with van der Waals surface area (Å²) in [4.78, 5) is 0. The number of hydrogen-bond acceptors (Lipinski definition) is 3. The Morgan fingerprint density at radius 2 is 1.83 bits per heavy atom. The van der Waals surface area contributed by atoms with E-state index in [1.165, 1.54) is 16.8 Å². The zero-order chi connectivity index (χ0) is 13.9. The predicted molar refractivity (Wildman–Crippen MR) is 78.6 cm³/mol. The molecule has 0 saturated carbocycles. The molecule has 3 N–H and O–H groups in total. The average Bonchev–Trinajstić information content (AvgIpc) is 2.25. The van der Waals surface area contributed by atoms with Crippen molar-refractivity contribution in [1.82, 2.24) is 0 Å². The van der Waals surface area contributed by atoms with Gasteiger partial charge in [0.25, 0.3) is 0 Å². The number of rotatable bonds is 5. The molecule has 0 unspecified atom stereocenters. The molecule has 0 bridgehead atoms. The summed E-state index contributed by atoms with van der Waals surface area (Å²) in [6, 6.07) is 2.15. The van der Waals surface area contributed by atoms with Gasteiger partial charge in [0, 0.05) is 11.2 Å². The van der Waals surface area contributed by atoms with Gasteiger partial charge in [0.05, 0.1) is 7.11 Å². The van der Waals surface area contributed by atoms with Crippen molar-refractivity contribution in [2.24, 2.45) is 5.73 Å². The Hall–Kier alpha value is -1.22. The summed E-state index contributed by atoms with van der Waals surface area (Å²) in [5.41, 5.74) is 10.4. The van der Waals surface area contributed by atoms with E-state index in [1.807, 2.05) is 0 Å². The second-order valence-electron chi connectivity index (χ2n) is 5.57. The number of nitrogens with two attached hydrogens (primary N) is 1. The maximum atomic E-state index is 5.65. The number of benzene rings is 1. The lowest BCUT2D eigenvalue weighted by Gasteiger charge is -2.29. The highest BCUT2D eigenvalue weighted by Crippen LogP contribution is 2.33. The van der Waals surface area contributed by atoms with Crippen LogP contribution in [0, 0.1) is 20.8 Å². The topological polar surface area (TPSA) is 47.3 Å². The van der Waals surface area contributed by atoms with Gasteiger partial charge in [-0.2, -0.15) is 0 Å². The average molecular weight is 250 g/mol. The van der Waals surface area contributed by atoms with Gasteiger partial charge in [0.1, 0.15) is 5.75 Å². The third kappa shape index (κ3) is 3.16. The molecule has 0 atom stereocenters. The lowest BCUT2D eigenvalue weighted by atomic mass is 9.97. The number of anilines is 1. The summed E-state index contributed by atoms with van der Waals surface area (Å²) < 4.78 is 5.44. The largest absolute Gasteiger partial charge is 0.496 e. The second-order valence-corrected chi connectivity index (χ2v) is 5.57. The smallest absolute Gasteiger partial charge is 0.125 e. The first-order chi connectivity index (χ1) is 8.32. The van der Waals surface area contributed by atoms with Crippen LogP contribution in [0.2, 0.25) is 0 Å². The van der Waals surface area contributed by atoms with Crippen molar-refractivity contribution in [3.05, 3.63) is 22.8 Å². The molecule has 1 aromatic rings. The van der Waals surface area contributed by atoms with Gasteiger partial charge in [-0.15, -0.1) is 0 Å². The van der Waals surface area contributed by atoms with Crippen molar-refractivity contribution in [3.8, 4) is 5.75 Å². The highest BCUT2D eigenvalue weighted by Gasteiger charge is 2.19. The van der Waals surface area contributed by atoms with E-state index in [9.17, 15) is 0 Å². The first-order valence-electron chi connectivity index (χ1n) is 6.45. The van der Waals surface area contributed by atoms with Crippen LogP contribution in [0.1, 0.15) is 37.0 Å². The molecule has 0 amide bonds. The minimum absolute atomic E-state index is 0.00692. The second kappa shape index (κ2) is 5.61. The fraction of sp³-hybridized carbons (Fsp3) is 0.600. The van der Waals surface area contributed by atoms with Crippen LogP contribution < -0.4 is 15.8 Å². The third-order valence-corrected chi connectivity index (χ3v) is 3.47. The highest BCUT2D eigenvalue weighted by atomic mass is 16.5. The van der Waals surface area contributed by atoms with E-state index in [0.29, 0.717) is 6.54 Å². The number of nitrogens with one attached hydrogen (secondary N) is 1. The van der Waals surface area contributed by atoms with Crippen LogP contribution in [0.5, 0.6) is 5.75 Å². The summed E-state index contributed by atoms with van der Waals surface area (Å²) >= 11 is 0. The normalized spacial score (nSPS) is 11.5. The highest BCUT2D eigenvalue weighted by molar-refractivity contribution is 5.62. The molecule has 3 nitrogen and oxygen atoms in total. The van der Waals surface area contributed by atoms with Crippen LogP contribution in [-0.2, 0) is 0 Å². The van der Waals surface area contributed by atoms with Crippen LogP contribution in [0.25, 0.3) is 0 Å². The van der Waals surface area contributed by atoms with Gasteiger partial charge >= 0.3 is 0 Å². The molecule has 0 saturated heterocycles. The fourth-order valence-electron chi connectivity index (χ4n) is 2.29. The molecular formula is C15H26N2O. The summed E-state index contributed by atoms with van der Waals surface area (Å²) in [7, 11) is 1.72. The fourth-order valence-corrected chi connectivity index (χ4v) is 2.29. The molecule has 0 heterocycles. The molecule has 102 valence electrons. The molecule has 0 radical (unpaired) electrons. The van der Waals surface area contributed by atoms with Crippen molar-refractivity contribution in [2.75, 3.05) is 19.0 Å². The molecule has 0 aliphatic rings. The quantitative estimate of drug-likeness (QED) is 0.844. The number of ether oxygens (including phenoxy) is 1. The van der Waals surface area contributed by atoms with Crippen molar-refractivity contribution < 1.29 is 4.74 Å². The Labute approximate surface area is 111 Å². The first-order valence-corrected chi connectivity index (χ1v) is 6.45. The van der Waals surface area contributed by atoms with Gasteiger partial charge in [-0.3, -0.25) is 0 Å². The van der Waals surface area contributed by atoms with Gasteiger partial charge < -0.3 is 15.8 Å². The molecule has 0 aromatic heterocycles. The monoisotopic (exact) mass is 250 g/mol. The Morgan fingerprint density at radius 3 is 2.33 bits per heavy atom. The molecule has 1 rings (SSSR count). The summed E-state index contributed by atoms with van der Waals surface area (Å²) in [5.74, 6) is 0.981. The molecule has 18 heavy (non-hydrogen) atoms. The Kier molecular flexibility index (Phi) is 4.63. The predicted octanol–water partition coefficient (Wildman–Crippen LogP) is 3.16. The summed E-state index contributed by atoms with van der Waals surface area (Å²) in [6.07, 6.45) is 0.941. The van der Waals surface area contributed by atoms with Crippen LogP contribution in [0.15, 0.2) is 6.07 Å². The molecule has 0 spiro atoms. The molecular weight excluding hydrogens is 224 g/mol. The van der Waals surface area contributed by atoms with Crippen LogP contribution >= 0.6 is 0 Å². The standard InChI is InChI=1S/C15H26N2O/c1-10-9-13(17-15(4,5)7-8-16)11(2)12(3)14(10)18-6/h9,17H,7-8,16H2,1-6H3. The van der Waals surface area contributed by atoms with Crippen LogP contribution in [0.3, 0.4) is 0 Å². The zero-order valence-corrected chi connectivity index (χ0v) is 12.5. The van der Waals surface area contributed by atoms with Crippen molar-refractivity contribution in [2.45, 2.75) is 46.6 Å². The molecule has 0 aliphatic carbocycles. The van der Waals surface area contributed by atoms with E-state index in [1.54, 1.807) is 7.11 Å². The van der Waals surface area contributed by atoms with Crippen molar-refractivity contribution >= 4 is 5.69 Å². The number of hydrogen-bond donors (Lipinski definition) is 2.